The van der Waals surface area contributed by atoms with Crippen molar-refractivity contribution in [3.63, 3.8) is 0 Å². The molecule has 1 aromatic heterocycles. The number of methoxy groups -OCH3 is 1. The summed E-state index contributed by atoms with van der Waals surface area (Å²) in [6.45, 7) is 1.41. The molecule has 1 fully saturated rings. The number of carbonyl (C=O) groups is 1. The zero-order valence-electron chi connectivity index (χ0n) is 9.53. The summed E-state index contributed by atoms with van der Waals surface area (Å²) < 4.78 is 5.35. The minimum absolute atomic E-state index is 0.196. The third-order valence-corrected chi connectivity index (χ3v) is 4.03. The van der Waals surface area contributed by atoms with Gasteiger partial charge in [0.2, 0.25) is 9.47 Å². The molecule has 1 heterocycles. The summed E-state index contributed by atoms with van der Waals surface area (Å²) in [7, 11) is 1.69. The highest BCUT2D eigenvalue weighted by Crippen LogP contribution is 2.48. The molecule has 0 bridgehead atoms. The summed E-state index contributed by atoms with van der Waals surface area (Å²) in [4.78, 5) is 11.7. The molecule has 0 atom stereocenters. The fraction of sp³-hybridized carbons (Fsp3) is 0.700. The molecule has 5 nitrogen and oxygen atoms in total. The Morgan fingerprint density at radius 2 is 2.35 bits per heavy atom. The lowest BCUT2D eigenvalue weighted by Gasteiger charge is -2.14. The van der Waals surface area contributed by atoms with Gasteiger partial charge in [0.15, 0.2) is 0 Å². The smallest absolute Gasteiger partial charge is 0.282 e. The van der Waals surface area contributed by atoms with Gasteiger partial charge in [-0.2, -0.15) is 0 Å². The monoisotopic (exact) mass is 275 g/mol. The molecule has 1 aromatic rings. The van der Waals surface area contributed by atoms with E-state index in [1.54, 1.807) is 7.11 Å². The number of aromatic nitrogens is 2. The molecule has 17 heavy (non-hydrogen) atoms. The second-order valence-corrected chi connectivity index (χ2v) is 5.85. The summed E-state index contributed by atoms with van der Waals surface area (Å²) >= 11 is 6.71. The lowest BCUT2D eigenvalue weighted by atomic mass is 10.0. The van der Waals surface area contributed by atoms with Crippen LogP contribution in [0.3, 0.4) is 0 Å². The largest absolute Gasteiger partial charge is 0.385 e. The van der Waals surface area contributed by atoms with Crippen molar-refractivity contribution in [2.75, 3.05) is 20.3 Å². The van der Waals surface area contributed by atoms with E-state index >= 15 is 0 Å². The number of carbonyl (C=O) groups excluding carboxylic acids is 1. The molecule has 0 aliphatic heterocycles. The minimum Gasteiger partial charge on any atom is -0.385 e. The van der Waals surface area contributed by atoms with Crippen molar-refractivity contribution in [1.82, 2.24) is 15.5 Å². The molecule has 0 unspecified atom stereocenters. The molecule has 1 amide bonds. The van der Waals surface area contributed by atoms with Crippen molar-refractivity contribution in [2.45, 2.75) is 19.3 Å². The van der Waals surface area contributed by atoms with E-state index in [4.69, 9.17) is 16.3 Å². The zero-order chi connectivity index (χ0) is 12.3. The molecular formula is C10H14ClN3O2S. The number of nitrogens with one attached hydrogen (secondary N) is 1. The summed E-state index contributed by atoms with van der Waals surface area (Å²) in [6.07, 6.45) is 3.28. The van der Waals surface area contributed by atoms with Crippen LogP contribution in [0.15, 0.2) is 0 Å². The summed E-state index contributed by atoms with van der Waals surface area (Å²) in [6, 6.07) is 0. The van der Waals surface area contributed by atoms with Crippen LogP contribution in [0.4, 0.5) is 0 Å². The highest BCUT2D eigenvalue weighted by molar-refractivity contribution is 7.17. The van der Waals surface area contributed by atoms with E-state index in [-0.39, 0.29) is 15.8 Å². The second kappa shape index (κ2) is 5.29. The molecule has 1 N–H and O–H groups in total. The molecule has 1 aliphatic carbocycles. The van der Waals surface area contributed by atoms with Crippen LogP contribution in [0, 0.1) is 5.41 Å². The van der Waals surface area contributed by atoms with E-state index in [2.05, 4.69) is 15.5 Å². The second-order valence-electron chi connectivity index (χ2n) is 4.29. The van der Waals surface area contributed by atoms with Crippen LogP contribution < -0.4 is 5.32 Å². The fourth-order valence-corrected chi connectivity index (χ4v) is 2.40. The van der Waals surface area contributed by atoms with Gasteiger partial charge in [0.25, 0.3) is 5.91 Å². The molecule has 2 rings (SSSR count). The van der Waals surface area contributed by atoms with Gasteiger partial charge in [0.05, 0.1) is 0 Å². The van der Waals surface area contributed by atoms with Crippen molar-refractivity contribution in [3.8, 4) is 0 Å². The van der Waals surface area contributed by atoms with Crippen LogP contribution in [0.5, 0.6) is 0 Å². The van der Waals surface area contributed by atoms with Crippen molar-refractivity contribution >= 4 is 28.8 Å². The van der Waals surface area contributed by atoms with Gasteiger partial charge in [-0.25, -0.2) is 0 Å². The number of halogens is 1. The predicted molar refractivity (Wildman–Crippen MR) is 65.4 cm³/mol. The van der Waals surface area contributed by atoms with Crippen LogP contribution in [-0.2, 0) is 4.74 Å². The van der Waals surface area contributed by atoms with E-state index in [0.717, 1.165) is 37.2 Å². The maximum absolute atomic E-state index is 11.7. The average Bonchev–Trinajstić information content (AvgIpc) is 2.97. The van der Waals surface area contributed by atoms with Gasteiger partial charge >= 0.3 is 0 Å². The number of rotatable bonds is 6. The zero-order valence-corrected chi connectivity index (χ0v) is 11.1. The Kier molecular flexibility index (Phi) is 3.96. The van der Waals surface area contributed by atoms with E-state index in [9.17, 15) is 4.79 Å². The van der Waals surface area contributed by atoms with Gasteiger partial charge in [-0.05, 0) is 36.3 Å². The summed E-state index contributed by atoms with van der Waals surface area (Å²) in [5.74, 6) is -0.196. The topological polar surface area (TPSA) is 64.1 Å². The maximum Gasteiger partial charge on any atom is 0.282 e. The molecule has 94 valence electrons. The van der Waals surface area contributed by atoms with Crippen molar-refractivity contribution < 1.29 is 9.53 Å². The highest BCUT2D eigenvalue weighted by atomic mass is 35.5. The van der Waals surface area contributed by atoms with E-state index in [0.29, 0.717) is 11.6 Å². The quantitative estimate of drug-likeness (QED) is 0.859. The Hall–Kier alpha value is -0.720. The van der Waals surface area contributed by atoms with Crippen LogP contribution in [0.2, 0.25) is 4.47 Å². The Morgan fingerprint density at radius 3 is 2.88 bits per heavy atom. The summed E-state index contributed by atoms with van der Waals surface area (Å²) in [5, 5.41) is 10.5. The van der Waals surface area contributed by atoms with Crippen molar-refractivity contribution in [1.29, 1.82) is 0 Å². The summed E-state index contributed by atoms with van der Waals surface area (Å²) in [5.41, 5.74) is 0.236. The highest BCUT2D eigenvalue weighted by Gasteiger charge is 2.42. The third kappa shape index (κ3) is 3.37. The van der Waals surface area contributed by atoms with E-state index < -0.39 is 0 Å². The standard InChI is InChI=1S/C10H14ClN3O2S/c1-16-5-4-10(2-3-10)6-12-7(15)8-13-14-9(11)17-8/h2-6H2,1H3,(H,12,15). The van der Waals surface area contributed by atoms with Gasteiger partial charge in [-0.1, -0.05) is 11.3 Å². The number of ether oxygens (including phenoxy) is 1. The third-order valence-electron chi connectivity index (χ3n) is 3.01. The average molecular weight is 276 g/mol. The van der Waals surface area contributed by atoms with Crippen LogP contribution in [0.1, 0.15) is 29.1 Å². The van der Waals surface area contributed by atoms with Gasteiger partial charge < -0.3 is 10.1 Å². The molecule has 0 saturated heterocycles. The molecule has 1 aliphatic rings. The number of hydrogen-bond acceptors (Lipinski definition) is 5. The van der Waals surface area contributed by atoms with Gasteiger partial charge in [0.1, 0.15) is 0 Å². The van der Waals surface area contributed by atoms with E-state index in [1.807, 2.05) is 0 Å². The Labute approximate surface area is 109 Å². The van der Waals surface area contributed by atoms with Crippen molar-refractivity contribution in [3.05, 3.63) is 9.47 Å². The molecular weight excluding hydrogens is 262 g/mol. The van der Waals surface area contributed by atoms with Crippen LogP contribution in [-0.4, -0.2) is 36.4 Å². The molecule has 0 aromatic carbocycles. The fourth-order valence-electron chi connectivity index (χ4n) is 1.65. The number of hydrogen-bond donors (Lipinski definition) is 1. The maximum atomic E-state index is 11.7. The Balaban J connectivity index is 1.80. The minimum atomic E-state index is -0.196. The lowest BCUT2D eigenvalue weighted by Crippen LogP contribution is -2.30. The number of amides is 1. The first-order valence-electron chi connectivity index (χ1n) is 5.41. The van der Waals surface area contributed by atoms with Gasteiger partial charge in [-0.15, -0.1) is 10.2 Å². The van der Waals surface area contributed by atoms with E-state index in [1.165, 1.54) is 0 Å². The molecule has 1 saturated carbocycles. The molecule has 7 heteroatoms. The van der Waals surface area contributed by atoms with Crippen molar-refractivity contribution in [2.24, 2.45) is 5.41 Å². The van der Waals surface area contributed by atoms with Crippen LogP contribution in [0.25, 0.3) is 0 Å². The first-order chi connectivity index (χ1) is 8.15. The Morgan fingerprint density at radius 1 is 1.59 bits per heavy atom. The molecule has 0 spiro atoms. The van der Waals surface area contributed by atoms with Crippen LogP contribution >= 0.6 is 22.9 Å². The van der Waals surface area contributed by atoms with Gasteiger partial charge in [-0.3, -0.25) is 4.79 Å². The number of nitrogens with zero attached hydrogens (tertiary/aromatic N) is 2. The predicted octanol–water partition coefficient (Wildman–Crippen LogP) is 1.74. The lowest BCUT2D eigenvalue weighted by molar-refractivity contribution is 0.0937. The first kappa shape index (κ1) is 12.7. The first-order valence-corrected chi connectivity index (χ1v) is 6.61. The van der Waals surface area contributed by atoms with Gasteiger partial charge in [0, 0.05) is 20.3 Å². The normalized spacial score (nSPS) is 16.8. The molecule has 0 radical (unpaired) electrons. The Bertz CT molecular complexity index is 406. The SMILES string of the molecule is COCCC1(CNC(=O)c2nnc(Cl)s2)CC1.